The standard InChI is InChI=1S/C11H11NO2/c1-7-12-11-8-4-2-3-5-9(8)13-6-10(11)14-7/h2-5,10-11H,6H2,1H3/t10-,11+/m0/s1. The zero-order valence-electron chi connectivity index (χ0n) is 7.93. The van der Waals surface area contributed by atoms with Crippen molar-refractivity contribution in [2.75, 3.05) is 6.61 Å². The fraction of sp³-hybridized carbons (Fsp3) is 0.364. The summed E-state index contributed by atoms with van der Waals surface area (Å²) < 4.78 is 11.1. The fourth-order valence-corrected chi connectivity index (χ4v) is 2.02. The highest BCUT2D eigenvalue weighted by Gasteiger charge is 2.36. The summed E-state index contributed by atoms with van der Waals surface area (Å²) in [6.45, 7) is 2.49. The van der Waals surface area contributed by atoms with Crippen LogP contribution in [0, 0.1) is 0 Å². The van der Waals surface area contributed by atoms with Gasteiger partial charge in [0.15, 0.2) is 12.0 Å². The quantitative estimate of drug-likeness (QED) is 0.624. The van der Waals surface area contributed by atoms with E-state index in [0.29, 0.717) is 6.61 Å². The van der Waals surface area contributed by atoms with Crippen LogP contribution in [0.15, 0.2) is 29.3 Å². The molecular formula is C11H11NO2. The average molecular weight is 189 g/mol. The summed E-state index contributed by atoms with van der Waals surface area (Å²) >= 11 is 0. The van der Waals surface area contributed by atoms with Gasteiger partial charge in [0.1, 0.15) is 18.4 Å². The molecule has 14 heavy (non-hydrogen) atoms. The molecule has 3 nitrogen and oxygen atoms in total. The van der Waals surface area contributed by atoms with Crippen molar-refractivity contribution in [3.8, 4) is 5.75 Å². The molecule has 0 N–H and O–H groups in total. The Morgan fingerprint density at radius 1 is 1.36 bits per heavy atom. The van der Waals surface area contributed by atoms with Crippen LogP contribution in [-0.2, 0) is 4.74 Å². The van der Waals surface area contributed by atoms with Crippen LogP contribution in [0.1, 0.15) is 18.5 Å². The third kappa shape index (κ3) is 1.02. The summed E-state index contributed by atoms with van der Waals surface area (Å²) in [7, 11) is 0. The molecular weight excluding hydrogens is 178 g/mol. The van der Waals surface area contributed by atoms with Gasteiger partial charge >= 0.3 is 0 Å². The van der Waals surface area contributed by atoms with Gasteiger partial charge in [-0.2, -0.15) is 0 Å². The molecule has 0 radical (unpaired) electrons. The second kappa shape index (κ2) is 2.74. The number of rotatable bonds is 0. The molecule has 0 saturated carbocycles. The third-order valence-electron chi connectivity index (χ3n) is 2.64. The van der Waals surface area contributed by atoms with Gasteiger partial charge in [-0.15, -0.1) is 0 Å². The summed E-state index contributed by atoms with van der Waals surface area (Å²) in [5, 5.41) is 0. The van der Waals surface area contributed by atoms with Crippen molar-refractivity contribution in [2.45, 2.75) is 19.1 Å². The van der Waals surface area contributed by atoms with E-state index in [2.05, 4.69) is 11.1 Å². The Kier molecular flexibility index (Phi) is 1.54. The first kappa shape index (κ1) is 7.85. The summed E-state index contributed by atoms with van der Waals surface area (Å²) in [5.41, 5.74) is 1.14. The topological polar surface area (TPSA) is 30.8 Å². The Morgan fingerprint density at radius 2 is 2.21 bits per heavy atom. The minimum absolute atomic E-state index is 0.0740. The first-order chi connectivity index (χ1) is 6.84. The van der Waals surface area contributed by atoms with Crippen molar-refractivity contribution in [2.24, 2.45) is 4.99 Å². The minimum Gasteiger partial charge on any atom is -0.489 e. The van der Waals surface area contributed by atoms with Gasteiger partial charge in [0.2, 0.25) is 0 Å². The maximum absolute atomic E-state index is 5.59. The Bertz CT molecular complexity index is 400. The largest absolute Gasteiger partial charge is 0.489 e. The zero-order valence-corrected chi connectivity index (χ0v) is 7.93. The van der Waals surface area contributed by atoms with Crippen LogP contribution in [0.2, 0.25) is 0 Å². The second-order valence-corrected chi connectivity index (χ2v) is 3.60. The summed E-state index contributed by atoms with van der Waals surface area (Å²) in [6.07, 6.45) is 0.0740. The zero-order chi connectivity index (χ0) is 9.54. The minimum atomic E-state index is 0.0740. The predicted molar refractivity (Wildman–Crippen MR) is 52.7 cm³/mol. The number of hydrogen-bond donors (Lipinski definition) is 0. The molecule has 2 atom stereocenters. The number of nitrogens with zero attached hydrogens (tertiary/aromatic N) is 1. The maximum Gasteiger partial charge on any atom is 0.181 e. The van der Waals surface area contributed by atoms with Crippen LogP contribution in [0.5, 0.6) is 5.75 Å². The van der Waals surface area contributed by atoms with E-state index in [-0.39, 0.29) is 12.1 Å². The number of para-hydroxylation sites is 1. The molecule has 1 aromatic carbocycles. The van der Waals surface area contributed by atoms with Crippen LogP contribution in [0.3, 0.4) is 0 Å². The van der Waals surface area contributed by atoms with Crippen molar-refractivity contribution in [3.05, 3.63) is 29.8 Å². The van der Waals surface area contributed by atoms with Gasteiger partial charge in [-0.05, 0) is 6.07 Å². The Hall–Kier alpha value is -1.51. The molecule has 72 valence electrons. The van der Waals surface area contributed by atoms with Gasteiger partial charge in [0, 0.05) is 12.5 Å². The SMILES string of the molecule is CC1=N[C@@H]2c3ccccc3OC[C@@H]2O1. The maximum atomic E-state index is 5.59. The fourth-order valence-electron chi connectivity index (χ4n) is 2.02. The van der Waals surface area contributed by atoms with E-state index in [0.717, 1.165) is 17.2 Å². The lowest BCUT2D eigenvalue weighted by molar-refractivity contribution is 0.101. The molecule has 0 unspecified atom stereocenters. The van der Waals surface area contributed by atoms with Crippen LogP contribution in [0.4, 0.5) is 0 Å². The molecule has 0 saturated heterocycles. The Balaban J connectivity index is 2.08. The van der Waals surface area contributed by atoms with Crippen molar-refractivity contribution in [1.29, 1.82) is 0 Å². The summed E-state index contributed by atoms with van der Waals surface area (Å²) in [6, 6.07) is 8.16. The van der Waals surface area contributed by atoms with E-state index in [1.165, 1.54) is 0 Å². The van der Waals surface area contributed by atoms with E-state index in [1.54, 1.807) is 0 Å². The normalized spacial score (nSPS) is 28.2. The van der Waals surface area contributed by atoms with Crippen LogP contribution >= 0.6 is 0 Å². The molecule has 1 aromatic rings. The second-order valence-electron chi connectivity index (χ2n) is 3.60. The molecule has 2 aliphatic heterocycles. The molecule has 0 fully saturated rings. The highest BCUT2D eigenvalue weighted by molar-refractivity contribution is 5.75. The number of aliphatic imine (C=N–C) groups is 1. The lowest BCUT2D eigenvalue weighted by atomic mass is 9.99. The molecule has 2 aliphatic rings. The van der Waals surface area contributed by atoms with E-state index >= 15 is 0 Å². The highest BCUT2D eigenvalue weighted by atomic mass is 16.5. The van der Waals surface area contributed by atoms with Crippen LogP contribution < -0.4 is 4.74 Å². The van der Waals surface area contributed by atoms with Gasteiger partial charge in [-0.25, -0.2) is 4.99 Å². The van der Waals surface area contributed by atoms with Crippen molar-refractivity contribution < 1.29 is 9.47 Å². The van der Waals surface area contributed by atoms with Gasteiger partial charge in [0.25, 0.3) is 0 Å². The van der Waals surface area contributed by atoms with E-state index in [1.807, 2.05) is 25.1 Å². The van der Waals surface area contributed by atoms with E-state index in [4.69, 9.17) is 9.47 Å². The van der Waals surface area contributed by atoms with Crippen LogP contribution in [-0.4, -0.2) is 18.6 Å². The molecule has 0 bridgehead atoms. The highest BCUT2D eigenvalue weighted by Crippen LogP contribution is 2.38. The molecule has 0 aromatic heterocycles. The first-order valence-electron chi connectivity index (χ1n) is 4.77. The number of fused-ring (bicyclic) bond motifs is 3. The van der Waals surface area contributed by atoms with Crippen molar-refractivity contribution >= 4 is 5.90 Å². The number of ether oxygens (including phenoxy) is 2. The predicted octanol–water partition coefficient (Wildman–Crippen LogP) is 1.94. The molecule has 2 heterocycles. The number of benzene rings is 1. The Labute approximate surface area is 82.4 Å². The van der Waals surface area contributed by atoms with Gasteiger partial charge in [-0.1, -0.05) is 18.2 Å². The lowest BCUT2D eigenvalue weighted by Gasteiger charge is -2.25. The summed E-state index contributed by atoms with van der Waals surface area (Å²) in [5.74, 6) is 1.70. The van der Waals surface area contributed by atoms with Crippen molar-refractivity contribution in [3.63, 3.8) is 0 Å². The molecule has 3 rings (SSSR count). The molecule has 0 aliphatic carbocycles. The average Bonchev–Trinajstić information content (AvgIpc) is 2.59. The van der Waals surface area contributed by atoms with Gasteiger partial charge < -0.3 is 9.47 Å². The molecule has 3 heteroatoms. The van der Waals surface area contributed by atoms with Crippen LogP contribution in [0.25, 0.3) is 0 Å². The smallest absolute Gasteiger partial charge is 0.181 e. The number of hydrogen-bond acceptors (Lipinski definition) is 3. The summed E-state index contributed by atoms with van der Waals surface area (Å²) in [4.78, 5) is 4.47. The first-order valence-corrected chi connectivity index (χ1v) is 4.77. The lowest BCUT2D eigenvalue weighted by Crippen LogP contribution is -2.28. The van der Waals surface area contributed by atoms with E-state index in [9.17, 15) is 0 Å². The third-order valence-corrected chi connectivity index (χ3v) is 2.64. The van der Waals surface area contributed by atoms with Crippen molar-refractivity contribution in [1.82, 2.24) is 0 Å². The molecule has 0 amide bonds. The van der Waals surface area contributed by atoms with Gasteiger partial charge in [0.05, 0.1) is 0 Å². The molecule has 0 spiro atoms. The van der Waals surface area contributed by atoms with Gasteiger partial charge in [-0.3, -0.25) is 0 Å². The monoisotopic (exact) mass is 189 g/mol. The van der Waals surface area contributed by atoms with E-state index < -0.39 is 0 Å². The Morgan fingerprint density at radius 3 is 3.14 bits per heavy atom.